The van der Waals surface area contributed by atoms with E-state index in [0.29, 0.717) is 11.9 Å². The lowest BCUT2D eigenvalue weighted by atomic mass is 10.0. The molecule has 0 atom stereocenters. The number of aromatic nitrogens is 1. The van der Waals surface area contributed by atoms with Gasteiger partial charge in [-0.15, -0.1) is 11.3 Å². The highest BCUT2D eigenvalue weighted by Crippen LogP contribution is 2.32. The summed E-state index contributed by atoms with van der Waals surface area (Å²) in [5.74, 6) is -1.19. The van der Waals surface area contributed by atoms with E-state index >= 15 is 0 Å². The van der Waals surface area contributed by atoms with Gasteiger partial charge in [-0.2, -0.15) is 0 Å². The summed E-state index contributed by atoms with van der Waals surface area (Å²) in [4.78, 5) is 24.6. The van der Waals surface area contributed by atoms with Crippen LogP contribution in [0, 0.1) is 0 Å². The third-order valence-corrected chi connectivity index (χ3v) is 4.46. The van der Waals surface area contributed by atoms with Crippen LogP contribution in [0.15, 0.2) is 46.7 Å². The van der Waals surface area contributed by atoms with Crippen LogP contribution in [0.5, 0.6) is 0 Å². The molecule has 4 nitrogen and oxygen atoms in total. The van der Waals surface area contributed by atoms with Crippen molar-refractivity contribution in [2.45, 2.75) is 13.5 Å². The molecule has 2 aromatic heterocycles. The number of thiophene rings is 1. The second-order valence-corrected chi connectivity index (χ2v) is 5.52. The average molecular weight is 299 g/mol. The zero-order valence-electron chi connectivity index (χ0n) is 11.4. The van der Waals surface area contributed by atoms with E-state index in [1.165, 1.54) is 17.5 Å². The summed E-state index contributed by atoms with van der Waals surface area (Å²) in [7, 11) is 0. The molecule has 0 aliphatic carbocycles. The van der Waals surface area contributed by atoms with Gasteiger partial charge >= 0.3 is 5.97 Å². The lowest BCUT2D eigenvalue weighted by Gasteiger charge is -2.07. The van der Waals surface area contributed by atoms with Gasteiger partial charge in [-0.25, -0.2) is 4.79 Å². The molecule has 0 radical (unpaired) electrons. The normalized spacial score (nSPS) is 10.9. The Morgan fingerprint density at radius 3 is 2.62 bits per heavy atom. The second kappa shape index (κ2) is 5.18. The molecule has 0 saturated carbocycles. The number of carbonyl (C=O) groups is 1. The van der Waals surface area contributed by atoms with E-state index in [-0.39, 0.29) is 5.56 Å². The first-order valence-electron chi connectivity index (χ1n) is 6.56. The molecule has 0 aliphatic rings. The van der Waals surface area contributed by atoms with E-state index in [1.54, 1.807) is 0 Å². The highest BCUT2D eigenvalue weighted by molar-refractivity contribution is 7.17. The van der Waals surface area contributed by atoms with Crippen LogP contribution in [0.1, 0.15) is 17.3 Å². The Morgan fingerprint density at radius 2 is 2.00 bits per heavy atom. The molecule has 21 heavy (non-hydrogen) atoms. The molecule has 3 aromatic rings. The number of carboxylic acid groups (broad SMARTS) is 1. The average Bonchev–Trinajstić information content (AvgIpc) is 2.94. The van der Waals surface area contributed by atoms with E-state index in [1.807, 2.05) is 47.2 Å². The number of carboxylic acids is 1. The highest BCUT2D eigenvalue weighted by atomic mass is 32.1. The van der Waals surface area contributed by atoms with E-state index in [2.05, 4.69) is 0 Å². The minimum Gasteiger partial charge on any atom is -0.477 e. The van der Waals surface area contributed by atoms with Gasteiger partial charge in [0.15, 0.2) is 0 Å². The van der Waals surface area contributed by atoms with Gasteiger partial charge in [-0.05, 0) is 12.5 Å². The zero-order chi connectivity index (χ0) is 15.0. The molecule has 106 valence electrons. The fourth-order valence-electron chi connectivity index (χ4n) is 2.40. The molecule has 3 rings (SSSR count). The first-order chi connectivity index (χ1) is 10.1. The maximum absolute atomic E-state index is 12.5. The Labute approximate surface area is 124 Å². The number of nitrogens with zero attached hydrogens (tertiary/aromatic N) is 1. The number of hydrogen-bond donors (Lipinski definition) is 1. The van der Waals surface area contributed by atoms with Crippen LogP contribution in [-0.2, 0) is 6.54 Å². The topological polar surface area (TPSA) is 59.3 Å². The molecule has 0 amide bonds. The molecular formula is C16H13NO3S. The Bertz CT molecular complexity index is 878. The van der Waals surface area contributed by atoms with Crippen LogP contribution in [0.25, 0.3) is 21.3 Å². The van der Waals surface area contributed by atoms with Gasteiger partial charge < -0.3 is 9.67 Å². The fraction of sp³-hybridized carbons (Fsp3) is 0.125. The van der Waals surface area contributed by atoms with E-state index < -0.39 is 11.4 Å². The largest absolute Gasteiger partial charge is 0.477 e. The Morgan fingerprint density at radius 1 is 1.29 bits per heavy atom. The summed E-state index contributed by atoms with van der Waals surface area (Å²) in [5, 5.41) is 11.6. The predicted octanol–water partition coefficient (Wildman–Crippen LogP) is 3.45. The zero-order valence-corrected chi connectivity index (χ0v) is 12.2. The summed E-state index contributed by atoms with van der Waals surface area (Å²) in [5.41, 5.74) is 1.12. The predicted molar refractivity (Wildman–Crippen MR) is 84.2 cm³/mol. The van der Waals surface area contributed by atoms with Gasteiger partial charge in [-0.3, -0.25) is 4.79 Å². The van der Waals surface area contributed by atoms with Crippen molar-refractivity contribution in [2.24, 2.45) is 0 Å². The molecule has 0 unspecified atom stereocenters. The number of fused-ring (bicyclic) bond motifs is 1. The number of benzene rings is 1. The Hall–Kier alpha value is -2.40. The molecule has 0 saturated heterocycles. The number of hydrogen-bond acceptors (Lipinski definition) is 3. The summed E-state index contributed by atoms with van der Waals surface area (Å²) in [6.07, 6.45) is 1.43. The van der Waals surface area contributed by atoms with Crippen molar-refractivity contribution in [1.82, 2.24) is 4.57 Å². The lowest BCUT2D eigenvalue weighted by molar-refractivity contribution is 0.0695. The molecule has 0 aliphatic heterocycles. The maximum Gasteiger partial charge on any atom is 0.341 e. The molecule has 1 aromatic carbocycles. The standard InChI is InChI=1S/C16H13NO3S/c1-2-17-8-11(16(19)20)14(18)13-12(9-21-15(13)17)10-6-4-3-5-7-10/h3-9H,2H2,1H3,(H,19,20). The minimum atomic E-state index is -1.19. The summed E-state index contributed by atoms with van der Waals surface area (Å²) in [6.45, 7) is 2.54. The van der Waals surface area contributed by atoms with Crippen LogP contribution in [-0.4, -0.2) is 15.6 Å². The van der Waals surface area contributed by atoms with Gasteiger partial charge in [0.05, 0.1) is 5.39 Å². The summed E-state index contributed by atoms with van der Waals surface area (Å²) < 4.78 is 1.82. The van der Waals surface area contributed by atoms with Crippen LogP contribution >= 0.6 is 11.3 Å². The highest BCUT2D eigenvalue weighted by Gasteiger charge is 2.18. The third-order valence-electron chi connectivity index (χ3n) is 3.44. The van der Waals surface area contributed by atoms with Crippen molar-refractivity contribution < 1.29 is 9.90 Å². The number of aromatic carboxylic acids is 1. The molecule has 0 bridgehead atoms. The van der Waals surface area contributed by atoms with Crippen molar-refractivity contribution >= 4 is 27.5 Å². The second-order valence-electron chi connectivity index (χ2n) is 4.66. The van der Waals surface area contributed by atoms with Gasteiger partial charge in [-0.1, -0.05) is 30.3 Å². The quantitative estimate of drug-likeness (QED) is 0.806. The molecule has 5 heteroatoms. The van der Waals surface area contributed by atoms with Crippen LogP contribution in [0.4, 0.5) is 0 Å². The molecule has 1 N–H and O–H groups in total. The first kappa shape index (κ1) is 13.6. The van der Waals surface area contributed by atoms with Gasteiger partial charge in [0, 0.05) is 23.7 Å². The Balaban J connectivity index is 2.42. The van der Waals surface area contributed by atoms with Crippen molar-refractivity contribution in [1.29, 1.82) is 0 Å². The lowest BCUT2D eigenvalue weighted by Crippen LogP contribution is -2.18. The first-order valence-corrected chi connectivity index (χ1v) is 7.44. The van der Waals surface area contributed by atoms with Crippen LogP contribution in [0.3, 0.4) is 0 Å². The molecule has 0 spiro atoms. The minimum absolute atomic E-state index is 0.181. The Kier molecular flexibility index (Phi) is 3.35. The molecule has 2 heterocycles. The number of pyridine rings is 1. The maximum atomic E-state index is 12.5. The van der Waals surface area contributed by atoms with Gasteiger partial charge in [0.25, 0.3) is 0 Å². The summed E-state index contributed by atoms with van der Waals surface area (Å²) >= 11 is 1.46. The van der Waals surface area contributed by atoms with Crippen molar-refractivity contribution in [3.8, 4) is 11.1 Å². The molecular weight excluding hydrogens is 286 g/mol. The van der Waals surface area contributed by atoms with E-state index in [9.17, 15) is 14.7 Å². The SMILES string of the molecule is CCn1cc(C(=O)O)c(=O)c2c(-c3ccccc3)csc21. The fourth-order valence-corrected chi connectivity index (χ4v) is 3.52. The number of rotatable bonds is 3. The van der Waals surface area contributed by atoms with E-state index in [0.717, 1.165) is 16.0 Å². The monoisotopic (exact) mass is 299 g/mol. The third kappa shape index (κ3) is 2.15. The van der Waals surface area contributed by atoms with Crippen molar-refractivity contribution in [3.05, 3.63) is 57.7 Å². The van der Waals surface area contributed by atoms with Crippen LogP contribution in [0.2, 0.25) is 0 Å². The summed E-state index contributed by atoms with van der Waals surface area (Å²) in [6, 6.07) is 9.55. The van der Waals surface area contributed by atoms with E-state index in [4.69, 9.17) is 0 Å². The smallest absolute Gasteiger partial charge is 0.341 e. The van der Waals surface area contributed by atoms with Gasteiger partial charge in [0.1, 0.15) is 10.4 Å². The van der Waals surface area contributed by atoms with Gasteiger partial charge in [0.2, 0.25) is 5.43 Å². The molecule has 0 fully saturated rings. The number of aryl methyl sites for hydroxylation is 1. The van der Waals surface area contributed by atoms with Crippen molar-refractivity contribution in [2.75, 3.05) is 0 Å². The van der Waals surface area contributed by atoms with Crippen LogP contribution < -0.4 is 5.43 Å². The van der Waals surface area contributed by atoms with Crippen molar-refractivity contribution in [3.63, 3.8) is 0 Å².